The summed E-state index contributed by atoms with van der Waals surface area (Å²) in [6.45, 7) is 4.02. The molecule has 1 amide bonds. The fourth-order valence-corrected chi connectivity index (χ4v) is 4.40. The molecule has 0 aliphatic rings. The number of nitrogens with zero attached hydrogens (tertiary/aromatic N) is 2. The molecule has 2 aromatic carbocycles. The van der Waals surface area contributed by atoms with Gasteiger partial charge < -0.3 is 10.1 Å². The number of carbonyl (C=O) groups excluding carboxylic acids is 1. The third-order valence-electron chi connectivity index (χ3n) is 4.52. The van der Waals surface area contributed by atoms with Crippen molar-refractivity contribution in [1.82, 2.24) is 14.5 Å². The Labute approximate surface area is 180 Å². The lowest BCUT2D eigenvalue weighted by Gasteiger charge is -2.18. The smallest absolute Gasteiger partial charge is 0.263 e. The van der Waals surface area contributed by atoms with Gasteiger partial charge in [-0.1, -0.05) is 26.0 Å². The molecule has 3 aromatic rings. The lowest BCUT2D eigenvalue weighted by atomic mass is 10.1. The Morgan fingerprint density at radius 1 is 1.13 bits per heavy atom. The van der Waals surface area contributed by atoms with Crippen molar-refractivity contribution in [3.05, 3.63) is 60.4 Å². The number of anilines is 1. The molecule has 10 heteroatoms. The van der Waals surface area contributed by atoms with Gasteiger partial charge in [-0.25, -0.2) is 12.8 Å². The summed E-state index contributed by atoms with van der Waals surface area (Å²) >= 11 is 0. The monoisotopic (exact) mass is 446 g/mol. The maximum atomic E-state index is 13.3. The molecule has 31 heavy (non-hydrogen) atoms. The zero-order valence-electron chi connectivity index (χ0n) is 17.1. The number of nitrogens with one attached hydrogen (secondary N) is 2. The van der Waals surface area contributed by atoms with Crippen molar-refractivity contribution in [3.8, 4) is 17.0 Å². The first-order chi connectivity index (χ1) is 14.8. The average Bonchev–Trinajstić information content (AvgIpc) is 3.22. The molecule has 0 saturated carbocycles. The Bertz CT molecular complexity index is 1140. The highest BCUT2D eigenvalue weighted by Crippen LogP contribution is 2.21. The molecule has 1 heterocycles. The van der Waals surface area contributed by atoms with E-state index in [1.54, 1.807) is 32.0 Å². The molecular formula is C21H23FN4O4S. The highest BCUT2D eigenvalue weighted by atomic mass is 32.2. The molecule has 164 valence electrons. The summed E-state index contributed by atoms with van der Waals surface area (Å²) in [5, 5.41) is 9.30. The summed E-state index contributed by atoms with van der Waals surface area (Å²) in [5.41, 5.74) is 1.16. The van der Waals surface area contributed by atoms with E-state index in [2.05, 4.69) is 15.5 Å². The molecule has 0 bridgehead atoms. The van der Waals surface area contributed by atoms with E-state index >= 15 is 0 Å². The van der Waals surface area contributed by atoms with Crippen molar-refractivity contribution in [3.63, 3.8) is 0 Å². The Morgan fingerprint density at radius 2 is 1.84 bits per heavy atom. The predicted molar refractivity (Wildman–Crippen MR) is 115 cm³/mol. The van der Waals surface area contributed by atoms with Gasteiger partial charge >= 0.3 is 0 Å². The molecular weight excluding hydrogens is 423 g/mol. The predicted octanol–water partition coefficient (Wildman–Crippen LogP) is 3.26. The molecule has 0 aliphatic heterocycles. The SMILES string of the molecule is CCN(CC)S(=O)(=O)c1ccc(OCC(=O)Nc2cc(-c3cccc(F)c3)[nH]n2)cc1. The molecule has 0 unspecified atom stereocenters. The van der Waals surface area contributed by atoms with Crippen molar-refractivity contribution < 1.29 is 22.3 Å². The van der Waals surface area contributed by atoms with Gasteiger partial charge in [-0.05, 0) is 36.4 Å². The first-order valence-electron chi connectivity index (χ1n) is 9.67. The van der Waals surface area contributed by atoms with Crippen LogP contribution in [0.25, 0.3) is 11.3 Å². The minimum atomic E-state index is -3.55. The van der Waals surface area contributed by atoms with Crippen molar-refractivity contribution in [2.45, 2.75) is 18.7 Å². The number of benzene rings is 2. The molecule has 0 atom stereocenters. The number of rotatable bonds is 9. The van der Waals surface area contributed by atoms with E-state index in [9.17, 15) is 17.6 Å². The maximum absolute atomic E-state index is 13.3. The number of aromatic nitrogens is 2. The zero-order chi connectivity index (χ0) is 22.4. The second-order valence-electron chi connectivity index (χ2n) is 6.57. The van der Waals surface area contributed by atoms with Gasteiger partial charge in [0.25, 0.3) is 5.91 Å². The van der Waals surface area contributed by atoms with Gasteiger partial charge in [-0.2, -0.15) is 9.40 Å². The largest absolute Gasteiger partial charge is 0.484 e. The fourth-order valence-electron chi connectivity index (χ4n) is 2.94. The molecule has 0 spiro atoms. The lowest BCUT2D eigenvalue weighted by molar-refractivity contribution is -0.118. The van der Waals surface area contributed by atoms with E-state index in [0.717, 1.165) is 0 Å². The molecule has 3 rings (SSSR count). The van der Waals surface area contributed by atoms with Crippen LogP contribution in [-0.2, 0) is 14.8 Å². The third-order valence-corrected chi connectivity index (χ3v) is 6.58. The van der Waals surface area contributed by atoms with Crippen LogP contribution in [0.15, 0.2) is 59.5 Å². The number of ether oxygens (including phenoxy) is 1. The number of hydrogen-bond donors (Lipinski definition) is 2. The molecule has 1 aromatic heterocycles. The maximum Gasteiger partial charge on any atom is 0.263 e. The summed E-state index contributed by atoms with van der Waals surface area (Å²) in [4.78, 5) is 12.3. The fraction of sp³-hybridized carbons (Fsp3) is 0.238. The van der Waals surface area contributed by atoms with Crippen LogP contribution in [0.3, 0.4) is 0 Å². The first-order valence-corrected chi connectivity index (χ1v) is 11.1. The van der Waals surface area contributed by atoms with Crippen LogP contribution < -0.4 is 10.1 Å². The van der Waals surface area contributed by atoms with Crippen molar-refractivity contribution in [2.75, 3.05) is 25.0 Å². The average molecular weight is 447 g/mol. The number of sulfonamides is 1. The number of amides is 1. The summed E-state index contributed by atoms with van der Waals surface area (Å²) in [7, 11) is -3.55. The number of aromatic amines is 1. The van der Waals surface area contributed by atoms with Crippen LogP contribution in [0.4, 0.5) is 10.2 Å². The van der Waals surface area contributed by atoms with Crippen molar-refractivity contribution in [1.29, 1.82) is 0 Å². The topological polar surface area (TPSA) is 104 Å². The van der Waals surface area contributed by atoms with Crippen molar-refractivity contribution in [2.24, 2.45) is 0 Å². The number of H-pyrrole nitrogens is 1. The Balaban J connectivity index is 1.57. The molecule has 0 radical (unpaired) electrons. The van der Waals surface area contributed by atoms with Gasteiger partial charge in [-0.15, -0.1) is 0 Å². The second-order valence-corrected chi connectivity index (χ2v) is 8.51. The molecule has 0 aliphatic carbocycles. The summed E-state index contributed by atoms with van der Waals surface area (Å²) in [6.07, 6.45) is 0. The van der Waals surface area contributed by atoms with Crippen LogP contribution in [0, 0.1) is 5.82 Å². The lowest BCUT2D eigenvalue weighted by Crippen LogP contribution is -2.30. The van der Waals surface area contributed by atoms with Crippen LogP contribution in [0.2, 0.25) is 0 Å². The zero-order valence-corrected chi connectivity index (χ0v) is 17.9. The summed E-state index contributed by atoms with van der Waals surface area (Å²) in [6, 6.07) is 13.5. The van der Waals surface area contributed by atoms with E-state index in [0.29, 0.717) is 30.1 Å². The first kappa shape index (κ1) is 22.4. The quantitative estimate of drug-likeness (QED) is 0.525. The third kappa shape index (κ3) is 5.47. The van der Waals surface area contributed by atoms with Gasteiger partial charge in [0.05, 0.1) is 10.6 Å². The Hall–Kier alpha value is -3.24. The summed E-state index contributed by atoms with van der Waals surface area (Å²) in [5.74, 6) is -0.191. The highest BCUT2D eigenvalue weighted by molar-refractivity contribution is 7.89. The highest BCUT2D eigenvalue weighted by Gasteiger charge is 2.21. The van der Waals surface area contributed by atoms with Crippen LogP contribution in [-0.4, -0.2) is 48.5 Å². The van der Waals surface area contributed by atoms with Gasteiger partial charge in [0.2, 0.25) is 10.0 Å². The van der Waals surface area contributed by atoms with Gasteiger partial charge in [0.1, 0.15) is 11.6 Å². The van der Waals surface area contributed by atoms with E-state index in [4.69, 9.17) is 4.74 Å². The second kappa shape index (κ2) is 9.71. The minimum Gasteiger partial charge on any atom is -0.484 e. The standard InChI is InChI=1S/C21H23FN4O4S/c1-3-26(4-2)31(28,29)18-10-8-17(9-11-18)30-14-21(27)23-20-13-19(24-25-20)15-6-5-7-16(22)12-15/h5-13H,3-4,14H2,1-2H3,(H2,23,24,25,27). The van der Waals surface area contributed by atoms with Crippen LogP contribution >= 0.6 is 0 Å². The van der Waals surface area contributed by atoms with Crippen LogP contribution in [0.5, 0.6) is 5.75 Å². The minimum absolute atomic E-state index is 0.161. The summed E-state index contributed by atoms with van der Waals surface area (Å²) < 4.78 is 45.1. The van der Waals surface area contributed by atoms with Gasteiger partial charge in [0, 0.05) is 24.7 Å². The van der Waals surface area contributed by atoms with Gasteiger partial charge in [0.15, 0.2) is 12.4 Å². The van der Waals surface area contributed by atoms with Crippen molar-refractivity contribution >= 4 is 21.7 Å². The molecule has 0 fully saturated rings. The van der Waals surface area contributed by atoms with E-state index in [1.807, 2.05) is 0 Å². The molecule has 8 nitrogen and oxygen atoms in total. The van der Waals surface area contributed by atoms with E-state index in [1.165, 1.54) is 40.7 Å². The molecule has 0 saturated heterocycles. The normalized spacial score (nSPS) is 11.5. The number of carbonyl (C=O) groups is 1. The Morgan fingerprint density at radius 3 is 2.48 bits per heavy atom. The molecule has 2 N–H and O–H groups in total. The Kier molecular flexibility index (Phi) is 7.03. The van der Waals surface area contributed by atoms with Gasteiger partial charge in [-0.3, -0.25) is 9.89 Å². The number of hydrogen-bond acceptors (Lipinski definition) is 5. The number of halogens is 1. The van der Waals surface area contributed by atoms with Crippen LogP contribution in [0.1, 0.15) is 13.8 Å². The van der Waals surface area contributed by atoms with E-state index < -0.39 is 15.9 Å². The van der Waals surface area contributed by atoms with E-state index in [-0.39, 0.29) is 23.1 Å².